The van der Waals surface area contributed by atoms with E-state index in [0.29, 0.717) is 27.8 Å². The van der Waals surface area contributed by atoms with Crippen LogP contribution >= 0.6 is 23.2 Å². The Kier molecular flexibility index (Phi) is 6.14. The van der Waals surface area contributed by atoms with Crippen molar-refractivity contribution < 1.29 is 9.72 Å². The normalized spacial score (nSPS) is 10.7. The van der Waals surface area contributed by atoms with Crippen LogP contribution in [-0.4, -0.2) is 29.3 Å². The zero-order chi connectivity index (χ0) is 17.7. The van der Waals surface area contributed by atoms with Gasteiger partial charge in [-0.15, -0.1) is 0 Å². The van der Waals surface area contributed by atoms with Crippen molar-refractivity contribution in [3.05, 3.63) is 68.2 Å². The van der Waals surface area contributed by atoms with Crippen LogP contribution in [0.15, 0.2) is 42.5 Å². The molecular weight excluding hydrogens is 353 g/mol. The molecule has 0 unspecified atom stereocenters. The van der Waals surface area contributed by atoms with E-state index in [0.717, 1.165) is 0 Å². The third-order valence-electron chi connectivity index (χ3n) is 3.24. The van der Waals surface area contributed by atoms with Gasteiger partial charge in [0, 0.05) is 23.7 Å². The van der Waals surface area contributed by atoms with Crippen LogP contribution in [0.1, 0.15) is 5.56 Å². The molecular formula is C16H15Cl2N3O3. The van der Waals surface area contributed by atoms with Gasteiger partial charge >= 0.3 is 0 Å². The van der Waals surface area contributed by atoms with Crippen molar-refractivity contribution >= 4 is 40.5 Å². The van der Waals surface area contributed by atoms with Crippen molar-refractivity contribution in [1.82, 2.24) is 4.90 Å². The Balaban J connectivity index is 1.99. The Hall–Kier alpha value is -2.15. The number of carbonyl (C=O) groups excluding carboxylic acids is 1. The van der Waals surface area contributed by atoms with Crippen LogP contribution in [0, 0.1) is 10.1 Å². The molecule has 0 aliphatic carbocycles. The Morgan fingerprint density at radius 3 is 2.58 bits per heavy atom. The molecule has 126 valence electrons. The number of nitro groups is 1. The van der Waals surface area contributed by atoms with E-state index in [9.17, 15) is 14.9 Å². The van der Waals surface area contributed by atoms with E-state index >= 15 is 0 Å². The first-order valence-electron chi connectivity index (χ1n) is 7.02. The van der Waals surface area contributed by atoms with Crippen LogP contribution in [0.4, 0.5) is 11.4 Å². The summed E-state index contributed by atoms with van der Waals surface area (Å²) in [6, 6.07) is 11.2. The zero-order valence-electron chi connectivity index (χ0n) is 12.8. The maximum absolute atomic E-state index is 12.1. The minimum Gasteiger partial charge on any atom is -0.324 e. The van der Waals surface area contributed by atoms with Gasteiger partial charge in [0.15, 0.2) is 0 Å². The summed E-state index contributed by atoms with van der Waals surface area (Å²) in [5.41, 5.74) is 1.08. The van der Waals surface area contributed by atoms with Crippen LogP contribution in [0.5, 0.6) is 0 Å². The highest BCUT2D eigenvalue weighted by Crippen LogP contribution is 2.23. The van der Waals surface area contributed by atoms with E-state index in [-0.39, 0.29) is 18.1 Å². The van der Waals surface area contributed by atoms with Crippen molar-refractivity contribution in [2.45, 2.75) is 6.54 Å². The molecule has 0 aliphatic rings. The molecule has 0 saturated carbocycles. The molecule has 0 heterocycles. The molecule has 2 rings (SSSR count). The number of non-ortho nitro benzene ring substituents is 1. The molecule has 2 aromatic carbocycles. The fourth-order valence-corrected chi connectivity index (χ4v) is 2.50. The molecule has 1 amide bonds. The average Bonchev–Trinajstić information content (AvgIpc) is 2.51. The number of para-hydroxylation sites is 1. The lowest BCUT2D eigenvalue weighted by Crippen LogP contribution is -2.30. The lowest BCUT2D eigenvalue weighted by atomic mass is 10.2. The van der Waals surface area contributed by atoms with E-state index < -0.39 is 4.92 Å². The van der Waals surface area contributed by atoms with Gasteiger partial charge in [-0.1, -0.05) is 35.3 Å². The number of nitrogens with one attached hydrogen (secondary N) is 1. The average molecular weight is 368 g/mol. The maximum Gasteiger partial charge on any atom is 0.269 e. The van der Waals surface area contributed by atoms with Gasteiger partial charge in [-0.25, -0.2) is 0 Å². The third-order valence-corrected chi connectivity index (χ3v) is 3.94. The first-order valence-corrected chi connectivity index (χ1v) is 7.78. The number of rotatable bonds is 6. The third kappa shape index (κ3) is 4.92. The lowest BCUT2D eigenvalue weighted by molar-refractivity contribution is -0.384. The van der Waals surface area contributed by atoms with Crippen LogP contribution in [0.3, 0.4) is 0 Å². The summed E-state index contributed by atoms with van der Waals surface area (Å²) in [5, 5.41) is 14.4. The number of benzene rings is 2. The first-order chi connectivity index (χ1) is 11.4. The van der Waals surface area contributed by atoms with Crippen LogP contribution in [-0.2, 0) is 11.3 Å². The second kappa shape index (κ2) is 8.10. The Bertz CT molecular complexity index is 768. The van der Waals surface area contributed by atoms with Gasteiger partial charge in [0.05, 0.1) is 22.2 Å². The highest BCUT2D eigenvalue weighted by atomic mass is 35.5. The number of likely N-dealkylation sites (N-methyl/N-ethyl adjacent to an activating group) is 1. The summed E-state index contributed by atoms with van der Waals surface area (Å²) in [5.74, 6) is -0.243. The second-order valence-corrected chi connectivity index (χ2v) is 6.05. The molecule has 24 heavy (non-hydrogen) atoms. The predicted octanol–water partition coefficient (Wildman–Crippen LogP) is 3.97. The smallest absolute Gasteiger partial charge is 0.269 e. The molecule has 8 heteroatoms. The topological polar surface area (TPSA) is 75.5 Å². The van der Waals surface area contributed by atoms with Crippen LogP contribution in [0.2, 0.25) is 10.0 Å². The van der Waals surface area contributed by atoms with Crippen molar-refractivity contribution in [1.29, 1.82) is 0 Å². The molecule has 0 bridgehead atoms. The SMILES string of the molecule is CN(CC(=O)Nc1ccccc1Cl)Cc1cc([N+](=O)[O-])ccc1Cl. The van der Waals surface area contributed by atoms with E-state index in [1.807, 2.05) is 0 Å². The molecule has 0 radical (unpaired) electrons. The number of nitro benzene ring substituents is 1. The zero-order valence-corrected chi connectivity index (χ0v) is 14.3. The van der Waals surface area contributed by atoms with E-state index in [2.05, 4.69) is 5.32 Å². The number of amides is 1. The van der Waals surface area contributed by atoms with Crippen molar-refractivity contribution in [3.63, 3.8) is 0 Å². The summed E-state index contributed by atoms with van der Waals surface area (Å²) in [6.07, 6.45) is 0. The first kappa shape index (κ1) is 18.2. The fraction of sp³-hybridized carbons (Fsp3) is 0.188. The van der Waals surface area contributed by atoms with Gasteiger partial charge in [0.2, 0.25) is 5.91 Å². The molecule has 6 nitrogen and oxygen atoms in total. The standard InChI is InChI=1S/C16H15Cl2N3O3/c1-20(9-11-8-12(21(23)24)6-7-13(11)17)10-16(22)19-15-5-3-2-4-14(15)18/h2-8H,9-10H2,1H3,(H,19,22). The minimum atomic E-state index is -0.482. The van der Waals surface area contributed by atoms with Crippen molar-refractivity contribution in [2.24, 2.45) is 0 Å². The van der Waals surface area contributed by atoms with Crippen LogP contribution in [0.25, 0.3) is 0 Å². The summed E-state index contributed by atoms with van der Waals surface area (Å²) < 4.78 is 0. The predicted molar refractivity (Wildman–Crippen MR) is 94.5 cm³/mol. The Morgan fingerprint density at radius 1 is 1.21 bits per heavy atom. The van der Waals surface area contributed by atoms with Crippen molar-refractivity contribution in [3.8, 4) is 0 Å². The fourth-order valence-electron chi connectivity index (χ4n) is 2.14. The molecule has 0 saturated heterocycles. The number of carbonyl (C=O) groups is 1. The second-order valence-electron chi connectivity index (χ2n) is 5.23. The number of anilines is 1. The molecule has 0 fully saturated rings. The van der Waals surface area contributed by atoms with Gasteiger partial charge in [-0.05, 0) is 30.8 Å². The van der Waals surface area contributed by atoms with Gasteiger partial charge in [0.1, 0.15) is 0 Å². The molecule has 0 aromatic heterocycles. The highest BCUT2D eigenvalue weighted by molar-refractivity contribution is 6.33. The minimum absolute atomic E-state index is 0.0386. The van der Waals surface area contributed by atoms with Gasteiger partial charge in [0.25, 0.3) is 5.69 Å². The molecule has 0 atom stereocenters. The monoisotopic (exact) mass is 367 g/mol. The van der Waals surface area contributed by atoms with Crippen LogP contribution < -0.4 is 5.32 Å². The number of nitrogens with zero attached hydrogens (tertiary/aromatic N) is 2. The summed E-state index contributed by atoms with van der Waals surface area (Å²) in [4.78, 5) is 24.1. The quantitative estimate of drug-likeness (QED) is 0.618. The van der Waals surface area contributed by atoms with Gasteiger partial charge in [-0.2, -0.15) is 0 Å². The summed E-state index contributed by atoms with van der Waals surface area (Å²) >= 11 is 12.1. The van der Waals surface area contributed by atoms with E-state index in [1.165, 1.54) is 18.2 Å². The largest absolute Gasteiger partial charge is 0.324 e. The van der Waals surface area contributed by atoms with Crippen molar-refractivity contribution in [2.75, 3.05) is 18.9 Å². The lowest BCUT2D eigenvalue weighted by Gasteiger charge is -2.17. The molecule has 2 aromatic rings. The Labute approximate surface area is 149 Å². The number of halogens is 2. The molecule has 0 aliphatic heterocycles. The summed E-state index contributed by atoms with van der Waals surface area (Å²) in [6.45, 7) is 0.390. The number of hydrogen-bond donors (Lipinski definition) is 1. The van der Waals surface area contributed by atoms with Gasteiger partial charge < -0.3 is 5.32 Å². The Morgan fingerprint density at radius 2 is 1.92 bits per heavy atom. The van der Waals surface area contributed by atoms with E-state index in [1.54, 1.807) is 36.2 Å². The molecule has 0 spiro atoms. The molecule has 1 N–H and O–H groups in total. The van der Waals surface area contributed by atoms with Gasteiger partial charge in [-0.3, -0.25) is 19.8 Å². The number of hydrogen-bond acceptors (Lipinski definition) is 4. The summed E-state index contributed by atoms with van der Waals surface area (Å²) in [7, 11) is 1.72. The highest BCUT2D eigenvalue weighted by Gasteiger charge is 2.14. The maximum atomic E-state index is 12.1. The van der Waals surface area contributed by atoms with E-state index in [4.69, 9.17) is 23.2 Å².